The minimum absolute atomic E-state index is 0.108. The van der Waals surface area contributed by atoms with Crippen LogP contribution in [0.5, 0.6) is 0 Å². The Balaban J connectivity index is 1.39. The number of aryl methyl sites for hydroxylation is 2. The Morgan fingerprint density at radius 3 is 1.85 bits per heavy atom. The van der Waals surface area contributed by atoms with Gasteiger partial charge in [-0.2, -0.15) is 0 Å². The van der Waals surface area contributed by atoms with Crippen LogP contribution >= 0.6 is 33.0 Å². The molecule has 0 amide bonds. The van der Waals surface area contributed by atoms with Crippen LogP contribution in [0.3, 0.4) is 0 Å². The van der Waals surface area contributed by atoms with Crippen LogP contribution in [0, 0.1) is 17.4 Å². The second-order valence-corrected chi connectivity index (χ2v) is 16.7. The molecule has 0 atom stereocenters. The van der Waals surface area contributed by atoms with E-state index in [4.69, 9.17) is 4.98 Å². The molecule has 0 fully saturated rings. The quantitative estimate of drug-likeness (QED) is 0.0507. The average Bonchev–Trinajstić information content (AvgIpc) is 3.58. The van der Waals surface area contributed by atoms with Gasteiger partial charge in [0.1, 0.15) is 0 Å². The van der Waals surface area contributed by atoms with E-state index < -0.39 is 0 Å². The summed E-state index contributed by atoms with van der Waals surface area (Å²) in [6.45, 7) is 8.89. The molecule has 1 heterocycles. The molecule has 2 nitrogen and oxygen atoms in total. The van der Waals surface area contributed by atoms with Crippen LogP contribution in [0.15, 0.2) is 126 Å². The van der Waals surface area contributed by atoms with Gasteiger partial charge in [-0.05, 0) is 37.1 Å². The molecule has 1 aromatic heterocycles. The fourth-order valence-corrected chi connectivity index (χ4v) is 9.85. The van der Waals surface area contributed by atoms with E-state index in [-0.39, 0.29) is 21.2 Å². The molecule has 0 spiro atoms. The van der Waals surface area contributed by atoms with Gasteiger partial charge in [-0.3, -0.25) is 0 Å². The van der Waals surface area contributed by atoms with E-state index in [0.717, 1.165) is 11.4 Å². The Hall–Kier alpha value is -3.61. The Morgan fingerprint density at radius 1 is 0.617 bits per heavy atom. The first-order chi connectivity index (χ1) is 23.0. The summed E-state index contributed by atoms with van der Waals surface area (Å²) in [5.41, 5.74) is 12.2. The fourth-order valence-electron chi connectivity index (χ4n) is 6.00. The zero-order valence-electron chi connectivity index (χ0n) is 28.0. The number of halogens is 1. The van der Waals surface area contributed by atoms with Crippen molar-refractivity contribution in [2.75, 3.05) is 10.2 Å². The molecule has 6 rings (SSSR count). The van der Waals surface area contributed by atoms with Crippen molar-refractivity contribution in [1.29, 1.82) is 0 Å². The van der Waals surface area contributed by atoms with Crippen molar-refractivity contribution in [2.24, 2.45) is 0 Å². The first-order valence-corrected chi connectivity index (χ1v) is 20.7. The van der Waals surface area contributed by atoms with Crippen molar-refractivity contribution in [3.8, 4) is 50.5 Å². The third-order valence-electron chi connectivity index (χ3n) is 8.62. The monoisotopic (exact) mass is 748 g/mol. The van der Waals surface area contributed by atoms with Crippen molar-refractivity contribution in [1.82, 2.24) is 9.55 Å². The molecule has 5 aromatic carbocycles. The van der Waals surface area contributed by atoms with E-state index >= 15 is 0 Å². The van der Waals surface area contributed by atoms with E-state index in [1.165, 1.54) is 91.0 Å². The van der Waals surface area contributed by atoms with E-state index in [1.807, 2.05) is 18.0 Å². The van der Waals surface area contributed by atoms with Gasteiger partial charge in [0, 0.05) is 12.4 Å². The van der Waals surface area contributed by atoms with Crippen molar-refractivity contribution in [3.05, 3.63) is 136 Å². The third kappa shape index (κ3) is 8.10. The van der Waals surface area contributed by atoms with Crippen LogP contribution in [0.1, 0.15) is 50.7 Å². The Kier molecular flexibility index (Phi) is 11.3. The number of alkyl halides is 1. The summed E-state index contributed by atoms with van der Waals surface area (Å²) >= 11 is 1.85. The van der Waals surface area contributed by atoms with Gasteiger partial charge < -0.3 is 0 Å². The number of imidazole rings is 1. The first-order valence-electron chi connectivity index (χ1n) is 16.9. The van der Waals surface area contributed by atoms with E-state index in [2.05, 4.69) is 148 Å². The van der Waals surface area contributed by atoms with Crippen molar-refractivity contribution < 1.29 is 0 Å². The van der Waals surface area contributed by atoms with Gasteiger partial charge in [0.15, 0.2) is 0 Å². The number of benzene rings is 5. The van der Waals surface area contributed by atoms with Gasteiger partial charge in [0.05, 0.1) is 5.69 Å². The topological polar surface area (TPSA) is 17.8 Å². The molecule has 0 unspecified atom stereocenters. The number of para-hydroxylation sites is 1. The predicted octanol–water partition coefficient (Wildman–Crippen LogP) is 12.7. The maximum atomic E-state index is 4.84. The number of hydrogen-bond donors (Lipinski definition) is 0. The van der Waals surface area contributed by atoms with Crippen LogP contribution in [0.2, 0.25) is 0 Å². The molecule has 0 N–H and O–H groups in total. The van der Waals surface area contributed by atoms with Crippen molar-refractivity contribution >= 4 is 33.0 Å². The van der Waals surface area contributed by atoms with Crippen LogP contribution in [-0.2, 0) is 0 Å². The van der Waals surface area contributed by atoms with Gasteiger partial charge in [-0.25, -0.2) is 0 Å². The summed E-state index contributed by atoms with van der Waals surface area (Å²) in [5, 5.41) is 0. The van der Waals surface area contributed by atoms with Gasteiger partial charge in [0.2, 0.25) is 0 Å². The van der Waals surface area contributed by atoms with Gasteiger partial charge in [0.25, 0.3) is 0 Å². The summed E-state index contributed by atoms with van der Waals surface area (Å²) in [5.74, 6) is 2.13. The summed E-state index contributed by atoms with van der Waals surface area (Å²) in [4.78, 5) is 6.18. The maximum absolute atomic E-state index is 4.84. The van der Waals surface area contributed by atoms with Crippen LogP contribution in [-0.4, -0.2) is 19.7 Å². The molecule has 0 aliphatic carbocycles. The summed E-state index contributed by atoms with van der Waals surface area (Å²) in [6, 6.07) is 41.0. The zero-order chi connectivity index (χ0) is 32.6. The van der Waals surface area contributed by atoms with E-state index in [9.17, 15) is 0 Å². The molecule has 240 valence electrons. The molecule has 4 heteroatoms. The standard InChI is InChI=1S/C43H45IN2S/c1-5-7-23-44-40-19-15-33(16-20-40)37-28-38(34-17-21-41(22-18-34)47-26-8-6-2)30-39(29-37)35-13-10-14-36(27-35)43-45-24-25-46(43)42-31(3)11-9-12-32(42)4/h9-22,24-25,27-30,44H,5-8,23,26H2,1-4H3. The summed E-state index contributed by atoms with van der Waals surface area (Å²) in [6.07, 6.45) is 9.10. The van der Waals surface area contributed by atoms with Crippen molar-refractivity contribution in [2.45, 2.75) is 58.3 Å². The van der Waals surface area contributed by atoms with Gasteiger partial charge in [-0.15, -0.1) is 0 Å². The molecule has 0 aliphatic rings. The number of rotatable bonds is 13. The molecular formula is C43H45IN2S. The summed E-state index contributed by atoms with van der Waals surface area (Å²) in [7, 11) is 0. The number of unbranched alkanes of at least 4 members (excludes halogenated alkanes) is 2. The first kappa shape index (κ1) is 33.3. The van der Waals surface area contributed by atoms with Crippen LogP contribution in [0.25, 0.3) is 50.5 Å². The SMILES string of the molecule is CCCCSc1ccc(-c2cc(-c3ccc([IH]CCCC)cc3)cc(-c3cccc(-c4nccn4-c4c(C)cccc4C)c3)c2)cc1. The Labute approximate surface area is 296 Å². The molecule has 6 aromatic rings. The van der Waals surface area contributed by atoms with E-state index in [1.54, 1.807) is 3.57 Å². The minimum atomic E-state index is -0.108. The second-order valence-electron chi connectivity index (χ2n) is 12.2. The molecule has 0 aliphatic heterocycles. The van der Waals surface area contributed by atoms with Crippen LogP contribution < -0.4 is 0 Å². The third-order valence-corrected chi connectivity index (χ3v) is 12.8. The van der Waals surface area contributed by atoms with Crippen LogP contribution in [0.4, 0.5) is 0 Å². The molecule has 0 radical (unpaired) electrons. The fraction of sp³-hybridized carbons (Fsp3) is 0.233. The zero-order valence-corrected chi connectivity index (χ0v) is 31.1. The number of nitrogens with zero attached hydrogens (tertiary/aromatic N) is 2. The number of hydrogen-bond acceptors (Lipinski definition) is 2. The number of aromatic nitrogens is 2. The van der Waals surface area contributed by atoms with E-state index in [0.29, 0.717) is 0 Å². The molecule has 0 bridgehead atoms. The summed E-state index contributed by atoms with van der Waals surface area (Å²) < 4.78 is 5.16. The molecule has 0 saturated carbocycles. The molecular weight excluding hydrogens is 703 g/mol. The molecule has 47 heavy (non-hydrogen) atoms. The van der Waals surface area contributed by atoms with Gasteiger partial charge in [-0.1, -0.05) is 31.5 Å². The molecule has 0 saturated heterocycles. The predicted molar refractivity (Wildman–Crippen MR) is 214 cm³/mol. The number of thioether (sulfide) groups is 1. The average molecular weight is 749 g/mol. The Bertz CT molecular complexity index is 1830. The van der Waals surface area contributed by atoms with Crippen molar-refractivity contribution in [3.63, 3.8) is 0 Å². The van der Waals surface area contributed by atoms with Gasteiger partial charge >= 0.3 is 211 Å². The Morgan fingerprint density at radius 2 is 1.19 bits per heavy atom. The normalized spacial score (nSPS) is 11.3. The second kappa shape index (κ2) is 16.0.